The van der Waals surface area contributed by atoms with Crippen LogP contribution in [0.5, 0.6) is 0 Å². The van der Waals surface area contributed by atoms with E-state index in [1.807, 2.05) is 43.3 Å². The van der Waals surface area contributed by atoms with Gasteiger partial charge in [-0.25, -0.2) is 0 Å². The first-order chi connectivity index (χ1) is 7.66. The van der Waals surface area contributed by atoms with Crippen LogP contribution in [0.3, 0.4) is 0 Å². The predicted molar refractivity (Wildman–Crippen MR) is 64.0 cm³/mol. The summed E-state index contributed by atoms with van der Waals surface area (Å²) in [4.78, 5) is 15.5. The molecule has 1 aromatic carbocycles. The van der Waals surface area contributed by atoms with Crippen molar-refractivity contribution in [3.8, 4) is 0 Å². The normalized spacial score (nSPS) is 12.4. The molecular weight excluding hydrogens is 200 g/mol. The van der Waals surface area contributed by atoms with Crippen LogP contribution in [0.4, 0.5) is 0 Å². The summed E-state index contributed by atoms with van der Waals surface area (Å²) in [5.74, 6) is -0.0394. The molecule has 1 atom stereocenters. The molecule has 3 heteroatoms. The third kappa shape index (κ3) is 2.19. The van der Waals surface area contributed by atoms with Crippen LogP contribution in [0.2, 0.25) is 0 Å². The second-order valence-electron chi connectivity index (χ2n) is 3.85. The van der Waals surface area contributed by atoms with Crippen molar-refractivity contribution >= 4 is 16.8 Å². The maximum Gasteiger partial charge on any atom is 0.217 e. The Hall–Kier alpha value is -1.90. The maximum absolute atomic E-state index is 11.0. The van der Waals surface area contributed by atoms with Crippen molar-refractivity contribution in [2.24, 2.45) is 0 Å². The Morgan fingerprint density at radius 3 is 2.75 bits per heavy atom. The molecule has 0 aliphatic carbocycles. The number of aromatic nitrogens is 1. The molecule has 1 amide bonds. The van der Waals surface area contributed by atoms with Gasteiger partial charge in [-0.05, 0) is 19.1 Å². The number of para-hydroxylation sites is 1. The number of pyridine rings is 1. The fourth-order valence-electron chi connectivity index (χ4n) is 1.70. The minimum absolute atomic E-state index is 0.0394. The van der Waals surface area contributed by atoms with Crippen LogP contribution < -0.4 is 5.32 Å². The zero-order valence-electron chi connectivity index (χ0n) is 9.40. The molecule has 82 valence electrons. The van der Waals surface area contributed by atoms with E-state index in [1.54, 1.807) is 0 Å². The van der Waals surface area contributed by atoms with Crippen molar-refractivity contribution in [2.75, 3.05) is 0 Å². The van der Waals surface area contributed by atoms with Gasteiger partial charge in [-0.15, -0.1) is 0 Å². The highest BCUT2D eigenvalue weighted by atomic mass is 16.1. The summed E-state index contributed by atoms with van der Waals surface area (Å²) in [6, 6.07) is 11.9. The molecule has 1 heterocycles. The Labute approximate surface area is 94.5 Å². The Morgan fingerprint density at radius 1 is 1.25 bits per heavy atom. The molecule has 1 aromatic heterocycles. The Bertz CT molecular complexity index is 522. The number of amides is 1. The summed E-state index contributed by atoms with van der Waals surface area (Å²) in [6.07, 6.45) is 0. The first-order valence-corrected chi connectivity index (χ1v) is 5.29. The largest absolute Gasteiger partial charge is 0.348 e. The minimum atomic E-state index is -0.0536. The van der Waals surface area contributed by atoms with Crippen molar-refractivity contribution in [2.45, 2.75) is 19.9 Å². The second-order valence-corrected chi connectivity index (χ2v) is 3.85. The summed E-state index contributed by atoms with van der Waals surface area (Å²) in [7, 11) is 0. The summed E-state index contributed by atoms with van der Waals surface area (Å²) in [6.45, 7) is 3.44. The van der Waals surface area contributed by atoms with Crippen LogP contribution in [0.15, 0.2) is 36.4 Å². The van der Waals surface area contributed by atoms with Crippen LogP contribution in [0.1, 0.15) is 25.6 Å². The highest BCUT2D eigenvalue weighted by molar-refractivity contribution is 5.78. The number of carbonyl (C=O) groups is 1. The number of carbonyl (C=O) groups excluding carboxylic acids is 1. The molecule has 0 aliphatic heterocycles. The van der Waals surface area contributed by atoms with Crippen molar-refractivity contribution in [1.29, 1.82) is 0 Å². The van der Waals surface area contributed by atoms with E-state index in [2.05, 4.69) is 10.3 Å². The molecule has 0 unspecified atom stereocenters. The van der Waals surface area contributed by atoms with Crippen LogP contribution in [-0.2, 0) is 4.79 Å². The van der Waals surface area contributed by atoms with Gasteiger partial charge in [-0.1, -0.05) is 24.3 Å². The molecule has 0 aliphatic rings. The lowest BCUT2D eigenvalue weighted by atomic mass is 10.1. The highest BCUT2D eigenvalue weighted by Crippen LogP contribution is 2.16. The zero-order chi connectivity index (χ0) is 11.5. The average Bonchev–Trinajstić information content (AvgIpc) is 2.27. The third-order valence-corrected chi connectivity index (χ3v) is 2.48. The number of benzene rings is 1. The van der Waals surface area contributed by atoms with E-state index in [9.17, 15) is 4.79 Å². The van der Waals surface area contributed by atoms with Crippen LogP contribution in [-0.4, -0.2) is 10.9 Å². The van der Waals surface area contributed by atoms with E-state index in [0.717, 1.165) is 16.6 Å². The molecule has 0 saturated carbocycles. The number of nitrogens with zero attached hydrogens (tertiary/aromatic N) is 1. The Balaban J connectivity index is 2.35. The Morgan fingerprint density at radius 2 is 2.00 bits per heavy atom. The van der Waals surface area contributed by atoms with E-state index >= 15 is 0 Å². The number of hydrogen-bond donors (Lipinski definition) is 1. The van der Waals surface area contributed by atoms with E-state index in [4.69, 9.17) is 0 Å². The molecule has 0 fully saturated rings. The smallest absolute Gasteiger partial charge is 0.217 e. The van der Waals surface area contributed by atoms with Gasteiger partial charge in [0.1, 0.15) is 0 Å². The fourth-order valence-corrected chi connectivity index (χ4v) is 1.70. The van der Waals surface area contributed by atoms with Crippen LogP contribution in [0.25, 0.3) is 10.9 Å². The molecule has 0 radical (unpaired) electrons. The summed E-state index contributed by atoms with van der Waals surface area (Å²) < 4.78 is 0. The van der Waals surface area contributed by atoms with Crippen molar-refractivity contribution in [3.63, 3.8) is 0 Å². The van der Waals surface area contributed by atoms with Gasteiger partial charge < -0.3 is 5.32 Å². The van der Waals surface area contributed by atoms with E-state index in [0.29, 0.717) is 0 Å². The number of hydrogen-bond acceptors (Lipinski definition) is 2. The molecule has 0 saturated heterocycles. The van der Waals surface area contributed by atoms with Crippen molar-refractivity contribution in [3.05, 3.63) is 42.1 Å². The molecule has 0 bridgehead atoms. The summed E-state index contributed by atoms with van der Waals surface area (Å²) in [5, 5.41) is 3.93. The van der Waals surface area contributed by atoms with Gasteiger partial charge in [0.15, 0.2) is 0 Å². The zero-order valence-corrected chi connectivity index (χ0v) is 9.40. The van der Waals surface area contributed by atoms with Crippen LogP contribution >= 0.6 is 0 Å². The molecule has 1 N–H and O–H groups in total. The van der Waals surface area contributed by atoms with Gasteiger partial charge >= 0.3 is 0 Å². The standard InChI is InChI=1S/C13H14N2O/c1-9(14-10(2)16)12-8-7-11-5-3-4-6-13(11)15-12/h3-9H,1-2H3,(H,14,16)/t9-/m0/s1. The van der Waals surface area contributed by atoms with E-state index < -0.39 is 0 Å². The minimum Gasteiger partial charge on any atom is -0.348 e. The van der Waals surface area contributed by atoms with Crippen LogP contribution in [0, 0.1) is 0 Å². The van der Waals surface area contributed by atoms with Gasteiger partial charge in [0, 0.05) is 12.3 Å². The van der Waals surface area contributed by atoms with Gasteiger partial charge in [0.2, 0.25) is 5.91 Å². The number of rotatable bonds is 2. The predicted octanol–water partition coefficient (Wildman–Crippen LogP) is 2.43. The van der Waals surface area contributed by atoms with E-state index in [-0.39, 0.29) is 11.9 Å². The molecule has 16 heavy (non-hydrogen) atoms. The lowest BCUT2D eigenvalue weighted by molar-refractivity contribution is -0.119. The Kier molecular flexibility index (Phi) is 2.86. The van der Waals surface area contributed by atoms with Crippen molar-refractivity contribution < 1.29 is 4.79 Å². The first kappa shape index (κ1) is 10.6. The lowest BCUT2D eigenvalue weighted by Gasteiger charge is -2.12. The van der Waals surface area contributed by atoms with Gasteiger partial charge in [0.05, 0.1) is 17.3 Å². The molecule has 0 spiro atoms. The number of fused-ring (bicyclic) bond motifs is 1. The summed E-state index contributed by atoms with van der Waals surface area (Å²) in [5.41, 5.74) is 1.84. The molecular formula is C13H14N2O. The average molecular weight is 214 g/mol. The quantitative estimate of drug-likeness (QED) is 0.834. The topological polar surface area (TPSA) is 42.0 Å². The molecule has 2 rings (SSSR count). The molecule has 2 aromatic rings. The molecule has 3 nitrogen and oxygen atoms in total. The SMILES string of the molecule is CC(=O)N[C@@H](C)c1ccc2ccccc2n1. The highest BCUT2D eigenvalue weighted by Gasteiger charge is 2.08. The monoisotopic (exact) mass is 214 g/mol. The third-order valence-electron chi connectivity index (χ3n) is 2.48. The van der Waals surface area contributed by atoms with Gasteiger partial charge in [-0.2, -0.15) is 0 Å². The maximum atomic E-state index is 11.0. The number of nitrogens with one attached hydrogen (secondary N) is 1. The van der Waals surface area contributed by atoms with E-state index in [1.165, 1.54) is 6.92 Å². The van der Waals surface area contributed by atoms with Gasteiger partial charge in [-0.3, -0.25) is 9.78 Å². The fraction of sp³-hybridized carbons (Fsp3) is 0.231. The second kappa shape index (κ2) is 4.31. The van der Waals surface area contributed by atoms with Crippen molar-refractivity contribution in [1.82, 2.24) is 10.3 Å². The van der Waals surface area contributed by atoms with Gasteiger partial charge in [0.25, 0.3) is 0 Å². The lowest BCUT2D eigenvalue weighted by Crippen LogP contribution is -2.24. The summed E-state index contributed by atoms with van der Waals surface area (Å²) >= 11 is 0. The first-order valence-electron chi connectivity index (χ1n) is 5.29.